The minimum atomic E-state index is 0.0878. The summed E-state index contributed by atoms with van der Waals surface area (Å²) >= 11 is 0. The third kappa shape index (κ3) is 2.54. The molecule has 20 heavy (non-hydrogen) atoms. The van der Waals surface area contributed by atoms with Gasteiger partial charge in [-0.2, -0.15) is 24.7 Å². The van der Waals surface area contributed by atoms with Crippen LogP contribution in [0.2, 0.25) is 0 Å². The molecule has 106 valence electrons. The third-order valence-corrected chi connectivity index (χ3v) is 3.45. The summed E-state index contributed by atoms with van der Waals surface area (Å²) in [5, 5.41) is 10.6. The molecule has 0 atom stereocenters. The summed E-state index contributed by atoms with van der Waals surface area (Å²) < 4.78 is 1.52. The van der Waals surface area contributed by atoms with Crippen molar-refractivity contribution in [1.82, 2.24) is 29.7 Å². The first-order valence-electron chi connectivity index (χ1n) is 6.82. The minimum Gasteiger partial charge on any atom is -0.354 e. The van der Waals surface area contributed by atoms with E-state index in [1.54, 1.807) is 6.33 Å². The van der Waals surface area contributed by atoms with Crippen molar-refractivity contribution < 1.29 is 0 Å². The Morgan fingerprint density at radius 1 is 1.25 bits per heavy atom. The smallest absolute Gasteiger partial charge is 0.258 e. The van der Waals surface area contributed by atoms with Crippen LogP contribution >= 0.6 is 0 Å². The van der Waals surface area contributed by atoms with E-state index in [0.29, 0.717) is 17.8 Å². The fraction of sp³-hybridized carbons (Fsp3) is 0.583. The van der Waals surface area contributed by atoms with Gasteiger partial charge in [0.2, 0.25) is 11.9 Å². The normalized spacial score (nSPS) is 16.5. The average molecular weight is 274 g/mol. The molecule has 8 heteroatoms. The van der Waals surface area contributed by atoms with Crippen molar-refractivity contribution in [2.24, 2.45) is 0 Å². The number of hydrogen-bond donors (Lipinski definition) is 2. The summed E-state index contributed by atoms with van der Waals surface area (Å²) in [4.78, 5) is 17.0. The zero-order valence-corrected chi connectivity index (χ0v) is 11.7. The van der Waals surface area contributed by atoms with E-state index in [4.69, 9.17) is 0 Å². The zero-order chi connectivity index (χ0) is 14.0. The molecule has 2 heterocycles. The average Bonchev–Trinajstić information content (AvgIpc) is 2.91. The van der Waals surface area contributed by atoms with Gasteiger partial charge in [-0.15, -0.1) is 0 Å². The molecule has 2 N–H and O–H groups in total. The number of aromatic nitrogens is 6. The second kappa shape index (κ2) is 5.03. The Balaban J connectivity index is 1.92. The Hall–Kier alpha value is -2.25. The van der Waals surface area contributed by atoms with Crippen molar-refractivity contribution in [2.75, 3.05) is 17.2 Å². The van der Waals surface area contributed by atoms with Gasteiger partial charge in [-0.05, 0) is 33.1 Å². The van der Waals surface area contributed by atoms with Gasteiger partial charge in [-0.1, -0.05) is 0 Å². The standard InChI is InChI=1S/C12H18N8/c1-3-14-9-16-10(19-12(2)5-4-6-12)18-11(17-9)20-8-13-7-15-20/h7-8H,3-6H2,1-2H3,(H2,14,16,17,18,19). The van der Waals surface area contributed by atoms with Crippen LogP contribution in [0, 0.1) is 0 Å². The van der Waals surface area contributed by atoms with E-state index in [1.807, 2.05) is 6.92 Å². The maximum Gasteiger partial charge on any atom is 0.258 e. The molecule has 2 aromatic rings. The summed E-state index contributed by atoms with van der Waals surface area (Å²) in [6.45, 7) is 4.93. The molecule has 0 saturated heterocycles. The molecule has 2 aromatic heterocycles. The summed E-state index contributed by atoms with van der Waals surface area (Å²) in [6.07, 6.45) is 6.53. The molecule has 8 nitrogen and oxygen atoms in total. The summed E-state index contributed by atoms with van der Waals surface area (Å²) in [5.41, 5.74) is 0.0878. The molecular weight excluding hydrogens is 256 g/mol. The second-order valence-corrected chi connectivity index (χ2v) is 5.19. The Morgan fingerprint density at radius 2 is 2.05 bits per heavy atom. The van der Waals surface area contributed by atoms with Crippen molar-refractivity contribution in [3.63, 3.8) is 0 Å². The van der Waals surface area contributed by atoms with Crippen LogP contribution in [0.15, 0.2) is 12.7 Å². The highest BCUT2D eigenvalue weighted by molar-refractivity contribution is 5.39. The van der Waals surface area contributed by atoms with Crippen molar-refractivity contribution in [3.05, 3.63) is 12.7 Å². The van der Waals surface area contributed by atoms with Gasteiger partial charge in [0.05, 0.1) is 0 Å². The van der Waals surface area contributed by atoms with Gasteiger partial charge in [-0.3, -0.25) is 0 Å². The van der Waals surface area contributed by atoms with E-state index in [1.165, 1.54) is 17.4 Å². The number of nitrogens with zero attached hydrogens (tertiary/aromatic N) is 6. The highest BCUT2D eigenvalue weighted by atomic mass is 15.4. The highest BCUT2D eigenvalue weighted by Gasteiger charge is 2.32. The van der Waals surface area contributed by atoms with E-state index in [9.17, 15) is 0 Å². The van der Waals surface area contributed by atoms with E-state index < -0.39 is 0 Å². The van der Waals surface area contributed by atoms with Gasteiger partial charge < -0.3 is 10.6 Å². The molecule has 0 bridgehead atoms. The van der Waals surface area contributed by atoms with Crippen molar-refractivity contribution in [2.45, 2.75) is 38.6 Å². The monoisotopic (exact) mass is 274 g/mol. The van der Waals surface area contributed by atoms with Crippen LogP contribution in [-0.2, 0) is 0 Å². The van der Waals surface area contributed by atoms with Crippen LogP contribution < -0.4 is 10.6 Å². The Morgan fingerprint density at radius 3 is 2.65 bits per heavy atom. The zero-order valence-electron chi connectivity index (χ0n) is 11.7. The van der Waals surface area contributed by atoms with E-state index in [-0.39, 0.29) is 5.54 Å². The molecule has 1 saturated carbocycles. The molecule has 0 radical (unpaired) electrons. The van der Waals surface area contributed by atoms with Crippen LogP contribution in [0.5, 0.6) is 0 Å². The predicted octanol–water partition coefficient (Wildman–Crippen LogP) is 1.24. The number of anilines is 2. The SMILES string of the molecule is CCNc1nc(NC2(C)CCC2)nc(-n2cncn2)n1. The van der Waals surface area contributed by atoms with Gasteiger partial charge in [-0.25, -0.2) is 4.98 Å². The molecule has 1 aliphatic rings. The minimum absolute atomic E-state index is 0.0878. The number of nitrogens with one attached hydrogen (secondary N) is 2. The van der Waals surface area contributed by atoms with Gasteiger partial charge in [0.25, 0.3) is 5.95 Å². The van der Waals surface area contributed by atoms with Crippen molar-refractivity contribution >= 4 is 11.9 Å². The number of hydrogen-bond acceptors (Lipinski definition) is 7. The Bertz CT molecular complexity index is 575. The highest BCUT2D eigenvalue weighted by Crippen LogP contribution is 2.33. The lowest BCUT2D eigenvalue weighted by molar-refractivity contribution is 0.304. The first-order chi connectivity index (χ1) is 9.68. The molecule has 0 aromatic carbocycles. The molecule has 3 rings (SSSR count). The molecule has 1 fully saturated rings. The topological polar surface area (TPSA) is 93.4 Å². The molecule has 0 aliphatic heterocycles. The summed E-state index contributed by atoms with van der Waals surface area (Å²) in [7, 11) is 0. The largest absolute Gasteiger partial charge is 0.354 e. The van der Waals surface area contributed by atoms with Gasteiger partial charge in [0.15, 0.2) is 0 Å². The van der Waals surface area contributed by atoms with Crippen LogP contribution in [-0.4, -0.2) is 41.8 Å². The fourth-order valence-corrected chi connectivity index (χ4v) is 2.17. The molecule has 1 aliphatic carbocycles. The summed E-state index contributed by atoms with van der Waals surface area (Å²) in [5.74, 6) is 1.57. The van der Waals surface area contributed by atoms with Gasteiger partial charge >= 0.3 is 0 Å². The fourth-order valence-electron chi connectivity index (χ4n) is 2.17. The predicted molar refractivity (Wildman–Crippen MR) is 74.8 cm³/mol. The van der Waals surface area contributed by atoms with Crippen molar-refractivity contribution in [1.29, 1.82) is 0 Å². The molecule has 0 unspecified atom stereocenters. The lowest BCUT2D eigenvalue weighted by Crippen LogP contribution is -2.42. The lowest BCUT2D eigenvalue weighted by Gasteiger charge is -2.39. The summed E-state index contributed by atoms with van der Waals surface area (Å²) in [6, 6.07) is 0. The van der Waals surface area contributed by atoms with Crippen LogP contribution in [0.25, 0.3) is 5.95 Å². The Labute approximate surface area is 117 Å². The molecular formula is C12H18N8. The molecule has 0 amide bonds. The van der Waals surface area contributed by atoms with Crippen LogP contribution in [0.4, 0.5) is 11.9 Å². The quantitative estimate of drug-likeness (QED) is 0.847. The third-order valence-electron chi connectivity index (χ3n) is 3.45. The van der Waals surface area contributed by atoms with Crippen LogP contribution in [0.3, 0.4) is 0 Å². The van der Waals surface area contributed by atoms with Gasteiger partial charge in [0, 0.05) is 12.1 Å². The second-order valence-electron chi connectivity index (χ2n) is 5.19. The van der Waals surface area contributed by atoms with E-state index >= 15 is 0 Å². The van der Waals surface area contributed by atoms with E-state index in [2.05, 4.69) is 42.6 Å². The number of rotatable bonds is 5. The Kier molecular flexibility index (Phi) is 3.21. The van der Waals surface area contributed by atoms with Gasteiger partial charge in [0.1, 0.15) is 12.7 Å². The maximum absolute atomic E-state index is 4.41. The first kappa shape index (κ1) is 12.8. The molecule has 0 spiro atoms. The van der Waals surface area contributed by atoms with E-state index in [0.717, 1.165) is 19.4 Å². The van der Waals surface area contributed by atoms with Crippen molar-refractivity contribution in [3.8, 4) is 5.95 Å². The lowest BCUT2D eigenvalue weighted by atomic mass is 9.79. The maximum atomic E-state index is 4.41. The first-order valence-corrected chi connectivity index (χ1v) is 6.82. The van der Waals surface area contributed by atoms with Crippen LogP contribution in [0.1, 0.15) is 33.1 Å².